The highest BCUT2D eigenvalue weighted by Crippen LogP contribution is 2.19. The molecule has 3 aromatic carbocycles. The molecule has 1 saturated heterocycles. The first-order valence-electron chi connectivity index (χ1n) is 12.9. The molecule has 13 heteroatoms. The molecule has 1 heterocycles. The Balaban J connectivity index is 1.39. The summed E-state index contributed by atoms with van der Waals surface area (Å²) in [5.74, 6) is -1.90. The SMILES string of the molecule is CN(C(=O)[C@H](Cc1ccccc1)NC(=O)CN1CCN(C(=O)c2ccc(S(=O)(=O)F)cc2)CC1=O)c1ccc(Cl)cc1. The highest BCUT2D eigenvalue weighted by atomic mass is 35.5. The molecule has 0 radical (unpaired) electrons. The molecule has 1 N–H and O–H groups in total. The van der Waals surface area contributed by atoms with Crippen LogP contribution in [0.2, 0.25) is 5.02 Å². The number of amides is 4. The highest BCUT2D eigenvalue weighted by molar-refractivity contribution is 7.86. The van der Waals surface area contributed by atoms with E-state index < -0.39 is 38.9 Å². The average Bonchev–Trinajstić information content (AvgIpc) is 2.97. The molecule has 42 heavy (non-hydrogen) atoms. The Morgan fingerprint density at radius 2 is 1.62 bits per heavy atom. The Kier molecular flexibility index (Phi) is 9.59. The lowest BCUT2D eigenvalue weighted by Gasteiger charge is -2.34. The fourth-order valence-electron chi connectivity index (χ4n) is 4.48. The van der Waals surface area contributed by atoms with Gasteiger partial charge >= 0.3 is 10.2 Å². The van der Waals surface area contributed by atoms with Crippen LogP contribution in [-0.2, 0) is 31.0 Å². The molecule has 0 saturated carbocycles. The van der Waals surface area contributed by atoms with Crippen LogP contribution >= 0.6 is 11.6 Å². The van der Waals surface area contributed by atoms with Gasteiger partial charge in [0.15, 0.2) is 0 Å². The van der Waals surface area contributed by atoms with E-state index in [1.54, 1.807) is 31.3 Å². The van der Waals surface area contributed by atoms with Crippen LogP contribution in [0.1, 0.15) is 15.9 Å². The summed E-state index contributed by atoms with van der Waals surface area (Å²) in [6.07, 6.45) is 0.224. The Morgan fingerprint density at radius 3 is 2.21 bits per heavy atom. The minimum Gasteiger partial charge on any atom is -0.342 e. The summed E-state index contributed by atoms with van der Waals surface area (Å²) >= 11 is 5.97. The van der Waals surface area contributed by atoms with E-state index in [1.807, 2.05) is 30.3 Å². The van der Waals surface area contributed by atoms with Crippen molar-refractivity contribution < 1.29 is 31.5 Å². The van der Waals surface area contributed by atoms with Crippen molar-refractivity contribution in [3.05, 3.63) is 95.0 Å². The number of nitrogens with zero attached hydrogens (tertiary/aromatic N) is 3. The third-order valence-corrected chi connectivity index (χ3v) is 7.87. The minimum atomic E-state index is -4.90. The molecule has 220 valence electrons. The zero-order valence-electron chi connectivity index (χ0n) is 22.6. The molecule has 4 amide bonds. The van der Waals surface area contributed by atoms with Crippen molar-refractivity contribution in [1.29, 1.82) is 0 Å². The van der Waals surface area contributed by atoms with Gasteiger partial charge in [-0.25, -0.2) is 0 Å². The first kappa shape index (κ1) is 30.7. The maximum atomic E-state index is 13.5. The standard InChI is InChI=1S/C29H28ClFN4O6S/c1-33(23-11-9-22(30)10-12-23)29(39)25(17-20-5-3-2-4-6-20)32-26(36)18-34-15-16-35(19-27(34)37)28(38)21-7-13-24(14-8-21)42(31,40)41/h2-14,25H,15-19H2,1H3,(H,32,36)/t25-/m0/s1. The summed E-state index contributed by atoms with van der Waals surface area (Å²) in [5.41, 5.74) is 1.52. The third kappa shape index (κ3) is 7.71. The van der Waals surface area contributed by atoms with E-state index in [0.717, 1.165) is 17.7 Å². The zero-order chi connectivity index (χ0) is 30.4. The quantitative estimate of drug-likeness (QED) is 0.370. The maximum absolute atomic E-state index is 13.5. The van der Waals surface area contributed by atoms with Gasteiger partial charge in [-0.3, -0.25) is 19.2 Å². The topological polar surface area (TPSA) is 124 Å². The second-order valence-electron chi connectivity index (χ2n) is 9.69. The lowest BCUT2D eigenvalue weighted by atomic mass is 10.0. The predicted octanol–water partition coefficient (Wildman–Crippen LogP) is 2.67. The predicted molar refractivity (Wildman–Crippen MR) is 154 cm³/mol. The van der Waals surface area contributed by atoms with Gasteiger partial charge in [0.2, 0.25) is 17.7 Å². The van der Waals surface area contributed by atoms with Crippen molar-refractivity contribution in [2.75, 3.05) is 38.1 Å². The molecule has 10 nitrogen and oxygen atoms in total. The second kappa shape index (κ2) is 13.1. The molecule has 1 fully saturated rings. The van der Waals surface area contributed by atoms with Gasteiger partial charge < -0.3 is 20.0 Å². The van der Waals surface area contributed by atoms with E-state index in [0.29, 0.717) is 10.7 Å². The lowest BCUT2D eigenvalue weighted by molar-refractivity contribution is -0.139. The van der Waals surface area contributed by atoms with Gasteiger partial charge in [0, 0.05) is 42.8 Å². The molecular weight excluding hydrogens is 587 g/mol. The molecule has 1 aliphatic heterocycles. The Bertz CT molecular complexity index is 1570. The van der Waals surface area contributed by atoms with Gasteiger partial charge in [0.1, 0.15) is 12.6 Å². The van der Waals surface area contributed by atoms with E-state index >= 15 is 0 Å². The Morgan fingerprint density at radius 1 is 0.976 bits per heavy atom. The number of nitrogens with one attached hydrogen (secondary N) is 1. The third-order valence-electron chi connectivity index (χ3n) is 6.78. The van der Waals surface area contributed by atoms with Gasteiger partial charge in [-0.05, 0) is 54.1 Å². The van der Waals surface area contributed by atoms with Crippen molar-refractivity contribution in [3.8, 4) is 0 Å². The Hall–Kier alpha value is -4.29. The number of hydrogen-bond acceptors (Lipinski definition) is 6. The van der Waals surface area contributed by atoms with Crippen LogP contribution in [-0.4, -0.2) is 81.1 Å². The zero-order valence-corrected chi connectivity index (χ0v) is 24.1. The van der Waals surface area contributed by atoms with E-state index in [9.17, 15) is 31.5 Å². The van der Waals surface area contributed by atoms with Gasteiger partial charge in [-0.2, -0.15) is 8.42 Å². The molecule has 3 aromatic rings. The fourth-order valence-corrected chi connectivity index (χ4v) is 5.07. The van der Waals surface area contributed by atoms with Crippen LogP contribution in [0.4, 0.5) is 9.57 Å². The van der Waals surface area contributed by atoms with Crippen LogP contribution in [0.5, 0.6) is 0 Å². The number of likely N-dealkylation sites (N-methyl/N-ethyl adjacent to an activating group) is 1. The van der Waals surface area contributed by atoms with Gasteiger partial charge in [0.25, 0.3) is 5.91 Å². The van der Waals surface area contributed by atoms with Crippen LogP contribution in [0.15, 0.2) is 83.8 Å². The second-order valence-corrected chi connectivity index (χ2v) is 11.5. The molecule has 0 bridgehead atoms. The molecule has 4 rings (SSSR count). The molecule has 1 atom stereocenters. The number of anilines is 1. The van der Waals surface area contributed by atoms with E-state index in [4.69, 9.17) is 11.6 Å². The van der Waals surface area contributed by atoms with Crippen molar-refractivity contribution in [2.24, 2.45) is 0 Å². The first-order chi connectivity index (χ1) is 19.9. The Labute approximate surface area is 247 Å². The van der Waals surface area contributed by atoms with Crippen molar-refractivity contribution in [2.45, 2.75) is 17.4 Å². The number of halogens is 2. The smallest absolute Gasteiger partial charge is 0.332 e. The fraction of sp³-hybridized carbons (Fsp3) is 0.241. The summed E-state index contributed by atoms with van der Waals surface area (Å²) in [6.45, 7) is -0.433. The van der Waals surface area contributed by atoms with E-state index in [1.165, 1.54) is 26.8 Å². The normalized spacial score (nSPS) is 14.3. The largest absolute Gasteiger partial charge is 0.342 e. The van der Waals surface area contributed by atoms with Crippen LogP contribution in [0.3, 0.4) is 0 Å². The number of benzene rings is 3. The molecule has 0 spiro atoms. The number of hydrogen-bond donors (Lipinski definition) is 1. The summed E-state index contributed by atoms with van der Waals surface area (Å²) in [5, 5.41) is 3.28. The van der Waals surface area contributed by atoms with Crippen molar-refractivity contribution in [1.82, 2.24) is 15.1 Å². The molecular formula is C29H28ClFN4O6S. The molecule has 1 aliphatic rings. The number of piperazine rings is 1. The summed E-state index contributed by atoms with van der Waals surface area (Å²) < 4.78 is 35.2. The summed E-state index contributed by atoms with van der Waals surface area (Å²) in [6, 6.07) is 19.3. The van der Waals surface area contributed by atoms with Crippen molar-refractivity contribution in [3.63, 3.8) is 0 Å². The number of carbonyl (C=O) groups is 4. The number of rotatable bonds is 9. The number of carbonyl (C=O) groups excluding carboxylic acids is 4. The highest BCUT2D eigenvalue weighted by Gasteiger charge is 2.31. The monoisotopic (exact) mass is 614 g/mol. The average molecular weight is 615 g/mol. The van der Waals surface area contributed by atoms with Crippen LogP contribution < -0.4 is 10.2 Å². The van der Waals surface area contributed by atoms with E-state index in [-0.39, 0.29) is 44.1 Å². The van der Waals surface area contributed by atoms with Gasteiger partial charge in [0.05, 0.1) is 11.4 Å². The summed E-state index contributed by atoms with van der Waals surface area (Å²) in [7, 11) is -3.31. The minimum absolute atomic E-state index is 0.0664. The van der Waals surface area contributed by atoms with Gasteiger partial charge in [-0.1, -0.05) is 41.9 Å². The first-order valence-corrected chi connectivity index (χ1v) is 14.7. The lowest BCUT2D eigenvalue weighted by Crippen LogP contribution is -2.56. The van der Waals surface area contributed by atoms with Gasteiger partial charge in [-0.15, -0.1) is 3.89 Å². The molecule has 0 aromatic heterocycles. The van der Waals surface area contributed by atoms with Crippen molar-refractivity contribution >= 4 is 51.1 Å². The van der Waals surface area contributed by atoms with Crippen LogP contribution in [0, 0.1) is 0 Å². The van der Waals surface area contributed by atoms with E-state index in [2.05, 4.69) is 5.32 Å². The summed E-state index contributed by atoms with van der Waals surface area (Å²) in [4.78, 5) is 55.6. The maximum Gasteiger partial charge on any atom is 0.332 e. The molecule has 0 unspecified atom stereocenters. The molecule has 0 aliphatic carbocycles. The van der Waals surface area contributed by atoms with Crippen LogP contribution in [0.25, 0.3) is 0 Å².